The summed E-state index contributed by atoms with van der Waals surface area (Å²) in [5.41, 5.74) is 1.19. The van der Waals surface area contributed by atoms with Gasteiger partial charge in [-0.15, -0.1) is 10.2 Å². The number of nitrogens with one attached hydrogen (secondary N) is 2. The van der Waals surface area contributed by atoms with Crippen molar-refractivity contribution in [3.63, 3.8) is 0 Å². The molecular formula is C19H23ClN6O2. The average Bonchev–Trinajstić information content (AvgIpc) is 3.23. The Hall–Kier alpha value is -2.45. The van der Waals surface area contributed by atoms with Crippen molar-refractivity contribution in [1.82, 2.24) is 30.3 Å². The topological polar surface area (TPSA) is 92.1 Å². The summed E-state index contributed by atoms with van der Waals surface area (Å²) in [4.78, 5) is 25.8. The van der Waals surface area contributed by atoms with Crippen LogP contribution in [0.5, 0.6) is 0 Å². The number of hydrogen-bond donors (Lipinski definition) is 2. The summed E-state index contributed by atoms with van der Waals surface area (Å²) in [6.45, 7) is 3.69. The first-order chi connectivity index (χ1) is 13.6. The summed E-state index contributed by atoms with van der Waals surface area (Å²) in [6, 6.07) is 7.49. The molecule has 2 N–H and O–H groups in total. The molecule has 28 heavy (non-hydrogen) atoms. The van der Waals surface area contributed by atoms with Crippen molar-refractivity contribution < 1.29 is 9.59 Å². The standard InChI is InChI=1S/C19H23ClN6O2/c20-14-3-1-2-13(10-14)12-25-7-6-16-23-24-17(26(16)9-8-25)11-21-19(28)15-4-5-18(27)22-15/h1-3,10,15H,4-9,11-12H2,(H,21,28)(H,22,27). The molecule has 1 unspecified atom stereocenters. The van der Waals surface area contributed by atoms with Crippen LogP contribution in [0, 0.1) is 0 Å². The van der Waals surface area contributed by atoms with Crippen molar-refractivity contribution >= 4 is 23.4 Å². The average molecular weight is 403 g/mol. The summed E-state index contributed by atoms with van der Waals surface area (Å²) in [7, 11) is 0. The molecule has 1 saturated heterocycles. The number of halogens is 1. The molecule has 0 aliphatic carbocycles. The lowest BCUT2D eigenvalue weighted by molar-refractivity contribution is -0.125. The highest BCUT2D eigenvalue weighted by atomic mass is 35.5. The second-order valence-electron chi connectivity index (χ2n) is 7.22. The van der Waals surface area contributed by atoms with Gasteiger partial charge in [0.05, 0.1) is 6.54 Å². The minimum atomic E-state index is -0.438. The third-order valence-corrected chi connectivity index (χ3v) is 5.46. The maximum absolute atomic E-state index is 12.2. The molecule has 1 fully saturated rings. The number of carbonyl (C=O) groups excluding carboxylic acids is 2. The van der Waals surface area contributed by atoms with E-state index in [1.54, 1.807) is 0 Å². The number of nitrogens with zero attached hydrogens (tertiary/aromatic N) is 4. The molecule has 1 atom stereocenters. The van der Waals surface area contributed by atoms with Crippen LogP contribution in [0.3, 0.4) is 0 Å². The molecular weight excluding hydrogens is 380 g/mol. The fourth-order valence-corrected chi connectivity index (χ4v) is 3.92. The summed E-state index contributed by atoms with van der Waals surface area (Å²) in [5, 5.41) is 14.9. The predicted octanol–water partition coefficient (Wildman–Crippen LogP) is 0.885. The zero-order chi connectivity index (χ0) is 19.5. The maximum Gasteiger partial charge on any atom is 0.242 e. The van der Waals surface area contributed by atoms with Crippen LogP contribution in [-0.2, 0) is 35.6 Å². The van der Waals surface area contributed by atoms with E-state index in [-0.39, 0.29) is 11.8 Å². The lowest BCUT2D eigenvalue weighted by Crippen LogP contribution is -2.41. The summed E-state index contributed by atoms with van der Waals surface area (Å²) >= 11 is 6.09. The number of fused-ring (bicyclic) bond motifs is 1. The third-order valence-electron chi connectivity index (χ3n) is 5.22. The van der Waals surface area contributed by atoms with Crippen LogP contribution >= 0.6 is 11.6 Å². The van der Waals surface area contributed by atoms with Gasteiger partial charge in [0, 0.05) is 44.0 Å². The van der Waals surface area contributed by atoms with E-state index >= 15 is 0 Å². The summed E-state index contributed by atoms with van der Waals surface area (Å²) in [5.74, 6) is 1.44. The first-order valence-corrected chi connectivity index (χ1v) is 9.91. The zero-order valence-electron chi connectivity index (χ0n) is 15.5. The van der Waals surface area contributed by atoms with Gasteiger partial charge in [-0.25, -0.2) is 0 Å². The lowest BCUT2D eigenvalue weighted by atomic mass is 10.2. The van der Waals surface area contributed by atoms with E-state index in [2.05, 4.69) is 36.4 Å². The Bertz CT molecular complexity index is 883. The fraction of sp³-hybridized carbons (Fsp3) is 0.474. The van der Waals surface area contributed by atoms with E-state index in [9.17, 15) is 9.59 Å². The molecule has 0 radical (unpaired) electrons. The number of rotatable bonds is 5. The molecule has 0 spiro atoms. The Labute approximate surface area is 168 Å². The minimum Gasteiger partial charge on any atom is -0.347 e. The van der Waals surface area contributed by atoms with Crippen molar-refractivity contribution in [1.29, 1.82) is 0 Å². The van der Waals surface area contributed by atoms with E-state index in [4.69, 9.17) is 11.6 Å². The van der Waals surface area contributed by atoms with Gasteiger partial charge in [0.2, 0.25) is 11.8 Å². The van der Waals surface area contributed by atoms with Gasteiger partial charge in [-0.05, 0) is 24.1 Å². The molecule has 2 aromatic rings. The monoisotopic (exact) mass is 402 g/mol. The third kappa shape index (κ3) is 4.34. The quantitative estimate of drug-likeness (QED) is 0.774. The van der Waals surface area contributed by atoms with Crippen LogP contribution in [0.15, 0.2) is 24.3 Å². The van der Waals surface area contributed by atoms with Crippen LogP contribution < -0.4 is 10.6 Å². The largest absolute Gasteiger partial charge is 0.347 e. The molecule has 0 bridgehead atoms. The number of carbonyl (C=O) groups is 2. The molecule has 148 valence electrons. The summed E-state index contributed by atoms with van der Waals surface area (Å²) in [6.07, 6.45) is 1.75. The van der Waals surface area contributed by atoms with Crippen molar-refractivity contribution in [2.45, 2.75) is 44.9 Å². The van der Waals surface area contributed by atoms with E-state index in [0.29, 0.717) is 19.4 Å². The summed E-state index contributed by atoms with van der Waals surface area (Å²) < 4.78 is 2.09. The second-order valence-corrected chi connectivity index (χ2v) is 7.65. The molecule has 2 aliphatic heterocycles. The van der Waals surface area contributed by atoms with Crippen molar-refractivity contribution in [2.75, 3.05) is 13.1 Å². The SMILES string of the molecule is O=C1CCC(C(=O)NCc2nnc3n2CCN(Cc2cccc(Cl)c2)CC3)N1. The number of hydrogen-bond acceptors (Lipinski definition) is 5. The maximum atomic E-state index is 12.2. The number of aromatic nitrogens is 3. The van der Waals surface area contributed by atoms with Gasteiger partial charge in [0.15, 0.2) is 5.82 Å². The van der Waals surface area contributed by atoms with Crippen molar-refractivity contribution in [3.05, 3.63) is 46.5 Å². The molecule has 9 heteroatoms. The minimum absolute atomic E-state index is 0.0729. The normalized spacial score (nSPS) is 19.8. The van der Waals surface area contributed by atoms with Gasteiger partial charge in [-0.1, -0.05) is 23.7 Å². The van der Waals surface area contributed by atoms with Crippen molar-refractivity contribution in [2.24, 2.45) is 0 Å². The Balaban J connectivity index is 1.34. The molecule has 4 rings (SSSR count). The van der Waals surface area contributed by atoms with Gasteiger partial charge in [0.1, 0.15) is 11.9 Å². The Morgan fingerprint density at radius 1 is 1.25 bits per heavy atom. The highest BCUT2D eigenvalue weighted by Crippen LogP contribution is 2.15. The molecule has 8 nitrogen and oxygen atoms in total. The van der Waals surface area contributed by atoms with E-state index < -0.39 is 6.04 Å². The predicted molar refractivity (Wildman–Crippen MR) is 103 cm³/mol. The zero-order valence-corrected chi connectivity index (χ0v) is 16.3. The molecule has 0 saturated carbocycles. The lowest BCUT2D eigenvalue weighted by Gasteiger charge is -2.19. The van der Waals surface area contributed by atoms with Gasteiger partial charge in [0.25, 0.3) is 0 Å². The van der Waals surface area contributed by atoms with Gasteiger partial charge in [-0.2, -0.15) is 0 Å². The highest BCUT2D eigenvalue weighted by Gasteiger charge is 2.27. The fourth-order valence-electron chi connectivity index (χ4n) is 3.71. The first-order valence-electron chi connectivity index (χ1n) is 9.53. The van der Waals surface area contributed by atoms with Crippen LogP contribution in [-0.4, -0.2) is 50.6 Å². The highest BCUT2D eigenvalue weighted by molar-refractivity contribution is 6.30. The van der Waals surface area contributed by atoms with Crippen LogP contribution in [0.1, 0.15) is 30.1 Å². The van der Waals surface area contributed by atoms with Crippen LogP contribution in [0.2, 0.25) is 5.02 Å². The molecule has 2 aliphatic rings. The smallest absolute Gasteiger partial charge is 0.242 e. The van der Waals surface area contributed by atoms with Crippen LogP contribution in [0.25, 0.3) is 0 Å². The molecule has 2 amide bonds. The van der Waals surface area contributed by atoms with Gasteiger partial charge in [-0.3, -0.25) is 14.5 Å². The molecule has 1 aromatic heterocycles. The molecule has 1 aromatic carbocycles. The van der Waals surface area contributed by atoms with Crippen LogP contribution in [0.4, 0.5) is 0 Å². The Kier molecular flexibility index (Phi) is 5.59. The number of amides is 2. The number of benzene rings is 1. The van der Waals surface area contributed by atoms with Gasteiger partial charge >= 0.3 is 0 Å². The second kappa shape index (κ2) is 8.28. The Morgan fingerprint density at radius 2 is 2.14 bits per heavy atom. The first kappa shape index (κ1) is 18.9. The van der Waals surface area contributed by atoms with Crippen molar-refractivity contribution in [3.8, 4) is 0 Å². The van der Waals surface area contributed by atoms with E-state index in [1.807, 2.05) is 18.2 Å². The van der Waals surface area contributed by atoms with E-state index in [1.165, 1.54) is 5.56 Å². The van der Waals surface area contributed by atoms with E-state index in [0.717, 1.165) is 49.3 Å². The molecule has 3 heterocycles. The Morgan fingerprint density at radius 3 is 2.93 bits per heavy atom. The van der Waals surface area contributed by atoms with Gasteiger partial charge < -0.3 is 15.2 Å².